The molecule has 0 aromatic heterocycles. The normalized spacial score (nSPS) is 38.6. The minimum Gasteiger partial charge on any atom is -0.296 e. The van der Waals surface area contributed by atoms with Gasteiger partial charge in [0, 0.05) is 11.8 Å². The molecule has 0 aromatic carbocycles. The Morgan fingerprint density at radius 2 is 2.00 bits per heavy atom. The number of rotatable bonds is 2. The summed E-state index contributed by atoms with van der Waals surface area (Å²) in [4.78, 5) is 11.9. The van der Waals surface area contributed by atoms with E-state index >= 15 is 0 Å². The van der Waals surface area contributed by atoms with E-state index in [0.717, 1.165) is 12.7 Å². The topological polar surface area (TPSA) is 60.4 Å². The van der Waals surface area contributed by atoms with E-state index in [-0.39, 0.29) is 17.1 Å². The van der Waals surface area contributed by atoms with Crippen molar-refractivity contribution in [2.24, 2.45) is 11.3 Å². The van der Waals surface area contributed by atoms with Crippen LogP contribution in [0.25, 0.3) is 0 Å². The molecule has 2 saturated carbocycles. The van der Waals surface area contributed by atoms with Crippen molar-refractivity contribution in [3.8, 4) is 0 Å². The molecule has 2 rings (SSSR count). The Bertz CT molecular complexity index is 409. The van der Waals surface area contributed by atoms with Gasteiger partial charge in [0.1, 0.15) is 0 Å². The summed E-state index contributed by atoms with van der Waals surface area (Å²) in [6, 6.07) is 0. The molecule has 0 radical (unpaired) electrons. The van der Waals surface area contributed by atoms with Crippen LogP contribution in [0.3, 0.4) is 0 Å². The molecular weight excluding hydrogens is 216 g/mol. The van der Waals surface area contributed by atoms with Crippen LogP contribution in [0.1, 0.15) is 33.1 Å². The van der Waals surface area contributed by atoms with Crippen molar-refractivity contribution < 1.29 is 17.4 Å². The highest BCUT2D eigenvalue weighted by Crippen LogP contribution is 2.60. The Labute approximate surface area is 90.1 Å². The van der Waals surface area contributed by atoms with E-state index in [9.17, 15) is 13.2 Å². The zero-order chi connectivity index (χ0) is 11.5. The second kappa shape index (κ2) is 2.83. The van der Waals surface area contributed by atoms with Crippen LogP contribution in [0.2, 0.25) is 0 Å². The monoisotopic (exact) mass is 232 g/mol. The second-order valence-corrected chi connectivity index (χ2v) is 6.77. The lowest BCUT2D eigenvalue weighted by Gasteiger charge is -2.34. The molecule has 86 valence electrons. The van der Waals surface area contributed by atoms with Gasteiger partial charge in [0.25, 0.3) is 10.1 Å². The van der Waals surface area contributed by atoms with Crippen molar-refractivity contribution in [1.82, 2.24) is 0 Å². The van der Waals surface area contributed by atoms with Gasteiger partial charge in [-0.3, -0.25) is 8.98 Å². The lowest BCUT2D eigenvalue weighted by atomic mass is 9.79. The average Bonchev–Trinajstić information content (AvgIpc) is 2.34. The van der Waals surface area contributed by atoms with Crippen molar-refractivity contribution in [2.75, 3.05) is 6.26 Å². The first-order chi connectivity index (χ1) is 6.69. The van der Waals surface area contributed by atoms with Crippen molar-refractivity contribution in [1.29, 1.82) is 0 Å². The summed E-state index contributed by atoms with van der Waals surface area (Å²) in [7, 11) is -3.58. The van der Waals surface area contributed by atoms with Gasteiger partial charge in [-0.2, -0.15) is 8.42 Å². The van der Waals surface area contributed by atoms with Gasteiger partial charge < -0.3 is 0 Å². The fraction of sp³-hybridized carbons (Fsp3) is 0.900. The Balaban J connectivity index is 2.45. The summed E-state index contributed by atoms with van der Waals surface area (Å²) in [6.07, 6.45) is 2.89. The minimum atomic E-state index is -3.58. The van der Waals surface area contributed by atoms with Crippen molar-refractivity contribution in [3.05, 3.63) is 0 Å². The second-order valence-electron chi connectivity index (χ2n) is 5.20. The van der Waals surface area contributed by atoms with Crippen LogP contribution in [-0.2, 0) is 19.1 Å². The van der Waals surface area contributed by atoms with Gasteiger partial charge in [0.15, 0.2) is 11.4 Å². The molecule has 0 amide bonds. The molecule has 1 unspecified atom stereocenters. The third kappa shape index (κ3) is 1.36. The van der Waals surface area contributed by atoms with E-state index in [1.165, 1.54) is 0 Å². The molecule has 2 aliphatic rings. The largest absolute Gasteiger partial charge is 0.296 e. The maximum absolute atomic E-state index is 11.9. The van der Waals surface area contributed by atoms with E-state index in [2.05, 4.69) is 0 Å². The molecule has 0 heterocycles. The van der Waals surface area contributed by atoms with Gasteiger partial charge in [-0.15, -0.1) is 0 Å². The molecule has 2 bridgehead atoms. The fourth-order valence-corrected chi connectivity index (χ4v) is 4.00. The lowest BCUT2D eigenvalue weighted by molar-refractivity contribution is -0.136. The van der Waals surface area contributed by atoms with Gasteiger partial charge in [-0.05, 0) is 18.8 Å². The predicted octanol–water partition coefficient (Wildman–Crippen LogP) is 1.11. The van der Waals surface area contributed by atoms with Crippen molar-refractivity contribution >= 4 is 15.9 Å². The van der Waals surface area contributed by atoms with Gasteiger partial charge in [-0.25, -0.2) is 0 Å². The zero-order valence-electron chi connectivity index (χ0n) is 9.24. The Kier molecular flexibility index (Phi) is 2.09. The van der Waals surface area contributed by atoms with Crippen LogP contribution in [-0.4, -0.2) is 26.1 Å². The Morgan fingerprint density at radius 1 is 1.40 bits per heavy atom. The highest BCUT2D eigenvalue weighted by molar-refractivity contribution is 7.86. The van der Waals surface area contributed by atoms with Crippen LogP contribution in [0.4, 0.5) is 0 Å². The van der Waals surface area contributed by atoms with Crippen LogP contribution < -0.4 is 0 Å². The molecule has 5 heteroatoms. The highest BCUT2D eigenvalue weighted by atomic mass is 32.2. The first-order valence-electron chi connectivity index (χ1n) is 5.13. The predicted molar refractivity (Wildman–Crippen MR) is 54.8 cm³/mol. The molecule has 0 aromatic rings. The Hall–Kier alpha value is -0.420. The molecule has 2 atom stereocenters. The lowest BCUT2D eigenvalue weighted by Crippen LogP contribution is -2.47. The van der Waals surface area contributed by atoms with E-state index in [0.29, 0.717) is 12.8 Å². The number of hydrogen-bond donors (Lipinski definition) is 0. The van der Waals surface area contributed by atoms with Gasteiger partial charge >= 0.3 is 0 Å². The number of carbonyl (C=O) groups is 1. The van der Waals surface area contributed by atoms with Crippen LogP contribution in [0.5, 0.6) is 0 Å². The molecule has 15 heavy (non-hydrogen) atoms. The first kappa shape index (κ1) is 11.1. The first-order valence-corrected chi connectivity index (χ1v) is 6.95. The van der Waals surface area contributed by atoms with Gasteiger partial charge in [-0.1, -0.05) is 13.8 Å². The van der Waals surface area contributed by atoms with Crippen molar-refractivity contribution in [3.63, 3.8) is 0 Å². The molecule has 4 nitrogen and oxygen atoms in total. The zero-order valence-corrected chi connectivity index (χ0v) is 10.1. The summed E-state index contributed by atoms with van der Waals surface area (Å²) < 4.78 is 27.6. The van der Waals surface area contributed by atoms with Gasteiger partial charge in [0.2, 0.25) is 0 Å². The fourth-order valence-electron chi connectivity index (χ4n) is 3.09. The maximum atomic E-state index is 11.9. The standard InChI is InChI=1S/C10H16O4S/c1-9(2)7-4-5-10(9,8(11)6-7)14-15(3,12)13/h7H,4-6H2,1-3H3/t7?,10-/m0/s1. The summed E-state index contributed by atoms with van der Waals surface area (Å²) in [5, 5.41) is 0. The molecule has 0 saturated heterocycles. The average molecular weight is 232 g/mol. The summed E-state index contributed by atoms with van der Waals surface area (Å²) in [5.41, 5.74) is -1.43. The number of carbonyl (C=O) groups excluding carboxylic acids is 1. The summed E-state index contributed by atoms with van der Waals surface area (Å²) in [5.74, 6) is 0.223. The van der Waals surface area contributed by atoms with Crippen molar-refractivity contribution in [2.45, 2.75) is 38.7 Å². The molecule has 0 N–H and O–H groups in total. The number of Topliss-reactive ketones (excluding diaryl/α,β-unsaturated/α-hetero) is 1. The number of ketones is 1. The highest BCUT2D eigenvalue weighted by Gasteiger charge is 2.66. The Morgan fingerprint density at radius 3 is 2.33 bits per heavy atom. The van der Waals surface area contributed by atoms with E-state index < -0.39 is 15.7 Å². The number of fused-ring (bicyclic) bond motifs is 2. The quantitative estimate of drug-likeness (QED) is 0.669. The van der Waals surface area contributed by atoms with E-state index in [1.807, 2.05) is 13.8 Å². The van der Waals surface area contributed by atoms with Crippen LogP contribution in [0.15, 0.2) is 0 Å². The van der Waals surface area contributed by atoms with Crippen LogP contribution >= 0.6 is 0 Å². The molecule has 0 aliphatic heterocycles. The smallest absolute Gasteiger partial charge is 0.265 e. The molecular formula is C10H16O4S. The summed E-state index contributed by atoms with van der Waals surface area (Å²) in [6.45, 7) is 3.86. The molecule has 2 fully saturated rings. The van der Waals surface area contributed by atoms with E-state index in [1.54, 1.807) is 0 Å². The van der Waals surface area contributed by atoms with Gasteiger partial charge in [0.05, 0.1) is 6.26 Å². The molecule has 0 spiro atoms. The van der Waals surface area contributed by atoms with E-state index in [4.69, 9.17) is 4.18 Å². The maximum Gasteiger partial charge on any atom is 0.265 e. The molecule has 2 aliphatic carbocycles. The van der Waals surface area contributed by atoms with Crippen LogP contribution in [0, 0.1) is 11.3 Å². The number of hydrogen-bond acceptors (Lipinski definition) is 4. The third-order valence-corrected chi connectivity index (χ3v) is 4.67. The minimum absolute atomic E-state index is 0.0471. The third-order valence-electron chi connectivity index (χ3n) is 4.08. The SMILES string of the molecule is CC1(C)C2CC[C@]1(OS(C)(=O)=O)C(=O)C2. The summed E-state index contributed by atoms with van der Waals surface area (Å²) >= 11 is 0.